The first-order chi connectivity index (χ1) is 8.61. The maximum absolute atomic E-state index is 11.2. The number of hydrogen-bond donors (Lipinski definition) is 0. The normalized spacial score (nSPS) is 12.6. The van der Waals surface area contributed by atoms with E-state index in [9.17, 15) is 4.79 Å². The Labute approximate surface area is 117 Å². The van der Waals surface area contributed by atoms with Crippen molar-refractivity contribution in [2.24, 2.45) is 0 Å². The minimum atomic E-state index is -0.00706. The highest BCUT2D eigenvalue weighted by molar-refractivity contribution is 5.76. The SMILES string of the molecule is COCc1c(C(C)(C)C)cc(C=O)cc1C(C)(C)C. The summed E-state index contributed by atoms with van der Waals surface area (Å²) in [6.07, 6.45) is 0.932. The molecule has 0 radical (unpaired) electrons. The Bertz CT molecular complexity index is 424. The molecule has 0 N–H and O–H groups in total. The van der Waals surface area contributed by atoms with Crippen LogP contribution in [0, 0.1) is 0 Å². The minimum Gasteiger partial charge on any atom is -0.380 e. The average molecular weight is 262 g/mol. The third-order valence-electron chi connectivity index (χ3n) is 3.31. The Morgan fingerprint density at radius 2 is 1.42 bits per heavy atom. The van der Waals surface area contributed by atoms with E-state index in [1.807, 2.05) is 12.1 Å². The summed E-state index contributed by atoms with van der Waals surface area (Å²) in [5.41, 5.74) is 4.34. The molecule has 0 unspecified atom stereocenters. The lowest BCUT2D eigenvalue weighted by Crippen LogP contribution is -2.22. The molecule has 0 spiro atoms. The highest BCUT2D eigenvalue weighted by atomic mass is 16.5. The molecule has 1 aromatic carbocycles. The summed E-state index contributed by atoms with van der Waals surface area (Å²) in [7, 11) is 1.71. The van der Waals surface area contributed by atoms with Gasteiger partial charge in [-0.3, -0.25) is 4.79 Å². The maximum atomic E-state index is 11.2. The Hall–Kier alpha value is -1.15. The van der Waals surface area contributed by atoms with Crippen LogP contribution in [-0.2, 0) is 22.2 Å². The number of hydrogen-bond acceptors (Lipinski definition) is 2. The lowest BCUT2D eigenvalue weighted by atomic mass is 9.75. The summed E-state index contributed by atoms with van der Waals surface area (Å²) in [6, 6.07) is 3.99. The second kappa shape index (κ2) is 5.46. The molecule has 0 saturated heterocycles. The fraction of sp³-hybridized carbons (Fsp3) is 0.588. The van der Waals surface area contributed by atoms with E-state index in [1.54, 1.807) is 7.11 Å². The lowest BCUT2D eigenvalue weighted by molar-refractivity contribution is 0.112. The van der Waals surface area contributed by atoms with Crippen molar-refractivity contribution in [3.63, 3.8) is 0 Å². The van der Waals surface area contributed by atoms with Crippen LogP contribution in [0.1, 0.15) is 68.6 Å². The molecule has 2 nitrogen and oxygen atoms in total. The number of benzene rings is 1. The van der Waals surface area contributed by atoms with Gasteiger partial charge in [0.2, 0.25) is 0 Å². The standard InChI is InChI=1S/C17H26O2/c1-16(2,3)14-8-12(10-18)9-15(17(4,5)6)13(14)11-19-7/h8-10H,11H2,1-7H3. The average Bonchev–Trinajstić information content (AvgIpc) is 2.26. The lowest BCUT2D eigenvalue weighted by Gasteiger charge is -2.30. The number of carbonyl (C=O) groups excluding carboxylic acids is 1. The van der Waals surface area contributed by atoms with E-state index in [4.69, 9.17) is 4.74 Å². The quantitative estimate of drug-likeness (QED) is 0.762. The van der Waals surface area contributed by atoms with E-state index < -0.39 is 0 Å². The first-order valence-electron chi connectivity index (χ1n) is 6.73. The highest BCUT2D eigenvalue weighted by Gasteiger charge is 2.26. The van der Waals surface area contributed by atoms with Crippen molar-refractivity contribution in [2.45, 2.75) is 59.0 Å². The van der Waals surface area contributed by atoms with Crippen LogP contribution in [0.2, 0.25) is 0 Å². The molecule has 2 heteroatoms. The van der Waals surface area contributed by atoms with Crippen LogP contribution in [0.5, 0.6) is 0 Å². The zero-order valence-corrected chi connectivity index (χ0v) is 13.3. The van der Waals surface area contributed by atoms with Gasteiger partial charge < -0.3 is 4.74 Å². The summed E-state index contributed by atoms with van der Waals surface area (Å²) >= 11 is 0. The Balaban J connectivity index is 3.65. The Kier molecular flexibility index (Phi) is 4.57. The molecule has 1 rings (SSSR count). The molecule has 19 heavy (non-hydrogen) atoms. The molecule has 106 valence electrons. The van der Waals surface area contributed by atoms with Crippen LogP contribution in [0.4, 0.5) is 0 Å². The van der Waals surface area contributed by atoms with Crippen LogP contribution in [0.3, 0.4) is 0 Å². The Morgan fingerprint density at radius 1 is 1.00 bits per heavy atom. The van der Waals surface area contributed by atoms with Gasteiger partial charge in [0.25, 0.3) is 0 Å². The third-order valence-corrected chi connectivity index (χ3v) is 3.31. The second-order valence-electron chi connectivity index (χ2n) is 7.15. The number of carbonyl (C=O) groups is 1. The van der Waals surface area contributed by atoms with Gasteiger partial charge in [-0.2, -0.15) is 0 Å². The number of methoxy groups -OCH3 is 1. The molecule has 0 amide bonds. The number of rotatable bonds is 3. The number of ether oxygens (including phenoxy) is 1. The fourth-order valence-corrected chi connectivity index (χ4v) is 2.40. The largest absolute Gasteiger partial charge is 0.380 e. The fourth-order valence-electron chi connectivity index (χ4n) is 2.40. The molecule has 0 heterocycles. The van der Waals surface area contributed by atoms with Crippen LogP contribution < -0.4 is 0 Å². The minimum absolute atomic E-state index is 0.00706. The topological polar surface area (TPSA) is 26.3 Å². The predicted molar refractivity (Wildman–Crippen MR) is 79.9 cm³/mol. The summed E-state index contributed by atoms with van der Waals surface area (Å²) in [6.45, 7) is 13.6. The van der Waals surface area contributed by atoms with Gasteiger partial charge in [-0.25, -0.2) is 0 Å². The molecule has 0 saturated carbocycles. The molecule has 0 aliphatic heterocycles. The van der Waals surface area contributed by atoms with Crippen LogP contribution in [0.15, 0.2) is 12.1 Å². The van der Waals surface area contributed by atoms with Crippen LogP contribution in [-0.4, -0.2) is 13.4 Å². The first-order valence-corrected chi connectivity index (χ1v) is 6.73. The summed E-state index contributed by atoms with van der Waals surface area (Å²) in [4.78, 5) is 11.2. The smallest absolute Gasteiger partial charge is 0.150 e. The second-order valence-corrected chi connectivity index (χ2v) is 7.15. The molecule has 0 fully saturated rings. The zero-order chi connectivity index (χ0) is 14.8. The summed E-state index contributed by atoms with van der Waals surface area (Å²) in [5, 5.41) is 0. The Morgan fingerprint density at radius 3 is 1.68 bits per heavy atom. The van der Waals surface area contributed by atoms with E-state index in [2.05, 4.69) is 41.5 Å². The van der Waals surface area contributed by atoms with E-state index in [1.165, 1.54) is 16.7 Å². The molecular weight excluding hydrogens is 236 g/mol. The number of aldehydes is 1. The van der Waals surface area contributed by atoms with Gasteiger partial charge in [0.15, 0.2) is 0 Å². The van der Waals surface area contributed by atoms with Crippen molar-refractivity contribution >= 4 is 6.29 Å². The van der Waals surface area contributed by atoms with Gasteiger partial charge in [-0.05, 0) is 39.7 Å². The van der Waals surface area contributed by atoms with Crippen molar-refractivity contribution in [3.05, 3.63) is 34.4 Å². The van der Waals surface area contributed by atoms with Gasteiger partial charge >= 0.3 is 0 Å². The summed E-state index contributed by atoms with van der Waals surface area (Å²) in [5.74, 6) is 0. The molecular formula is C17H26O2. The zero-order valence-electron chi connectivity index (χ0n) is 13.3. The maximum Gasteiger partial charge on any atom is 0.150 e. The molecule has 0 aliphatic carbocycles. The summed E-state index contributed by atoms with van der Waals surface area (Å²) < 4.78 is 5.38. The molecule has 1 aromatic rings. The molecule has 0 aromatic heterocycles. The van der Waals surface area contributed by atoms with Crippen LogP contribution >= 0.6 is 0 Å². The van der Waals surface area contributed by atoms with E-state index >= 15 is 0 Å². The van der Waals surface area contributed by atoms with Crippen molar-refractivity contribution < 1.29 is 9.53 Å². The van der Waals surface area contributed by atoms with Gasteiger partial charge in [0.05, 0.1) is 6.61 Å². The van der Waals surface area contributed by atoms with Crippen LogP contribution in [0.25, 0.3) is 0 Å². The van der Waals surface area contributed by atoms with E-state index in [-0.39, 0.29) is 10.8 Å². The third kappa shape index (κ3) is 3.66. The van der Waals surface area contributed by atoms with Gasteiger partial charge in [-0.1, -0.05) is 41.5 Å². The van der Waals surface area contributed by atoms with Gasteiger partial charge in [0.1, 0.15) is 6.29 Å². The monoisotopic (exact) mass is 262 g/mol. The molecule has 0 bridgehead atoms. The highest BCUT2D eigenvalue weighted by Crippen LogP contribution is 2.35. The first kappa shape index (κ1) is 15.9. The van der Waals surface area contributed by atoms with Crippen molar-refractivity contribution in [2.75, 3.05) is 7.11 Å². The van der Waals surface area contributed by atoms with E-state index in [0.29, 0.717) is 6.61 Å². The molecule has 0 aliphatic rings. The van der Waals surface area contributed by atoms with Gasteiger partial charge in [0, 0.05) is 12.7 Å². The van der Waals surface area contributed by atoms with E-state index in [0.717, 1.165) is 11.8 Å². The predicted octanol–water partition coefficient (Wildman–Crippen LogP) is 4.24. The van der Waals surface area contributed by atoms with Crippen molar-refractivity contribution in [3.8, 4) is 0 Å². The van der Waals surface area contributed by atoms with Crippen molar-refractivity contribution in [1.82, 2.24) is 0 Å². The van der Waals surface area contributed by atoms with Crippen molar-refractivity contribution in [1.29, 1.82) is 0 Å². The van der Waals surface area contributed by atoms with Gasteiger partial charge in [-0.15, -0.1) is 0 Å². The molecule has 0 atom stereocenters.